The number of rotatable bonds is 5. The van der Waals surface area contributed by atoms with Crippen molar-refractivity contribution in [1.29, 1.82) is 0 Å². The number of aryl methyl sites for hydroxylation is 1. The van der Waals surface area contributed by atoms with Gasteiger partial charge in [-0.05, 0) is 24.1 Å². The third kappa shape index (κ3) is 2.87. The van der Waals surface area contributed by atoms with Crippen molar-refractivity contribution < 1.29 is 17.9 Å². The topological polar surface area (TPSA) is 53.1 Å². The van der Waals surface area contributed by atoms with E-state index in [9.17, 15) is 13.2 Å². The van der Waals surface area contributed by atoms with Gasteiger partial charge in [0.05, 0.1) is 19.3 Å². The molecule has 2 rings (SSSR count). The Bertz CT molecular complexity index is 619. The summed E-state index contributed by atoms with van der Waals surface area (Å²) in [5.41, 5.74) is 6.66. The van der Waals surface area contributed by atoms with Gasteiger partial charge in [0.2, 0.25) is 0 Å². The molecule has 4 nitrogen and oxygen atoms in total. The Morgan fingerprint density at radius 2 is 1.90 bits per heavy atom. The van der Waals surface area contributed by atoms with Crippen molar-refractivity contribution in [1.82, 2.24) is 9.78 Å². The highest BCUT2D eigenvalue weighted by Gasteiger charge is 2.22. The third-order valence-electron chi connectivity index (χ3n) is 3.16. The Labute approximate surface area is 120 Å². The summed E-state index contributed by atoms with van der Waals surface area (Å²) < 4.78 is 46.5. The van der Waals surface area contributed by atoms with Crippen molar-refractivity contribution in [3.63, 3.8) is 0 Å². The van der Waals surface area contributed by atoms with Gasteiger partial charge in [-0.25, -0.2) is 13.2 Å². The predicted octanol–water partition coefficient (Wildman–Crippen LogP) is 2.77. The van der Waals surface area contributed by atoms with Crippen LogP contribution in [0.5, 0.6) is 5.75 Å². The van der Waals surface area contributed by atoms with E-state index in [0.29, 0.717) is 18.0 Å². The van der Waals surface area contributed by atoms with Gasteiger partial charge in [-0.3, -0.25) is 4.68 Å². The number of aromatic nitrogens is 2. The maximum Gasteiger partial charge on any atom is 0.194 e. The van der Waals surface area contributed by atoms with E-state index in [1.807, 2.05) is 6.92 Å². The summed E-state index contributed by atoms with van der Waals surface area (Å²) in [6, 6.07) is 0.885. The molecular formula is C14H16F3N3O. The molecule has 0 radical (unpaired) electrons. The monoisotopic (exact) mass is 299 g/mol. The van der Waals surface area contributed by atoms with Crippen molar-refractivity contribution >= 4 is 0 Å². The Morgan fingerprint density at radius 3 is 2.43 bits per heavy atom. The van der Waals surface area contributed by atoms with Crippen LogP contribution in [-0.4, -0.2) is 16.9 Å². The molecule has 114 valence electrons. The lowest BCUT2D eigenvalue weighted by Gasteiger charge is -2.16. The first-order chi connectivity index (χ1) is 9.99. The predicted molar refractivity (Wildman–Crippen MR) is 71.4 cm³/mol. The average molecular weight is 299 g/mol. The van der Waals surface area contributed by atoms with Gasteiger partial charge in [0.15, 0.2) is 23.2 Å². The van der Waals surface area contributed by atoms with Crippen molar-refractivity contribution in [2.24, 2.45) is 5.73 Å². The van der Waals surface area contributed by atoms with Crippen molar-refractivity contribution in [3.8, 4) is 5.75 Å². The molecule has 0 spiro atoms. The molecule has 1 heterocycles. The zero-order valence-corrected chi connectivity index (χ0v) is 11.7. The van der Waals surface area contributed by atoms with E-state index in [4.69, 9.17) is 10.5 Å². The molecule has 2 aromatic rings. The van der Waals surface area contributed by atoms with Crippen LogP contribution in [0.25, 0.3) is 0 Å². The zero-order valence-electron chi connectivity index (χ0n) is 11.7. The molecule has 0 fully saturated rings. The zero-order chi connectivity index (χ0) is 15.6. The van der Waals surface area contributed by atoms with Crippen LogP contribution in [0.4, 0.5) is 13.2 Å². The van der Waals surface area contributed by atoms with Gasteiger partial charge < -0.3 is 10.5 Å². The van der Waals surface area contributed by atoms with E-state index in [0.717, 1.165) is 18.6 Å². The molecule has 1 aromatic carbocycles. The summed E-state index contributed by atoms with van der Waals surface area (Å²) in [7, 11) is 1.45. The first-order valence-corrected chi connectivity index (χ1v) is 6.49. The van der Waals surface area contributed by atoms with E-state index in [-0.39, 0.29) is 5.56 Å². The van der Waals surface area contributed by atoms with Crippen LogP contribution in [0.3, 0.4) is 0 Å². The second-order valence-electron chi connectivity index (χ2n) is 4.60. The first kappa shape index (κ1) is 15.4. The molecule has 21 heavy (non-hydrogen) atoms. The number of methoxy groups -OCH3 is 1. The molecule has 0 saturated heterocycles. The SMILES string of the molecule is CCCn1ncc(OC)c1C(N)c1cc(F)c(F)c(F)c1. The van der Waals surface area contributed by atoms with Gasteiger partial charge in [0.1, 0.15) is 5.69 Å². The summed E-state index contributed by atoms with van der Waals surface area (Å²) in [5.74, 6) is -3.65. The largest absolute Gasteiger partial charge is 0.493 e. The molecule has 7 heteroatoms. The van der Waals surface area contributed by atoms with Gasteiger partial charge >= 0.3 is 0 Å². The summed E-state index contributed by atoms with van der Waals surface area (Å²) in [5, 5.41) is 4.14. The molecule has 0 aliphatic rings. The summed E-state index contributed by atoms with van der Waals surface area (Å²) in [4.78, 5) is 0. The van der Waals surface area contributed by atoms with Crippen LogP contribution < -0.4 is 10.5 Å². The smallest absolute Gasteiger partial charge is 0.194 e. The second kappa shape index (κ2) is 6.17. The number of hydrogen-bond acceptors (Lipinski definition) is 3. The van der Waals surface area contributed by atoms with Crippen LogP contribution >= 0.6 is 0 Å². The Balaban J connectivity index is 2.48. The minimum atomic E-state index is -1.51. The summed E-state index contributed by atoms with van der Waals surface area (Å²) in [6.07, 6.45) is 2.29. The molecular weight excluding hydrogens is 283 g/mol. The summed E-state index contributed by atoms with van der Waals surface area (Å²) >= 11 is 0. The van der Waals surface area contributed by atoms with Gasteiger partial charge in [0, 0.05) is 6.54 Å². The van der Waals surface area contributed by atoms with Crippen molar-refractivity contribution in [2.75, 3.05) is 7.11 Å². The number of ether oxygens (including phenoxy) is 1. The molecule has 0 saturated carbocycles. The van der Waals surface area contributed by atoms with Crippen molar-refractivity contribution in [3.05, 3.63) is 47.0 Å². The number of nitrogens with two attached hydrogens (primary N) is 1. The molecule has 0 aliphatic carbocycles. The number of nitrogens with zero attached hydrogens (tertiary/aromatic N) is 2. The van der Waals surface area contributed by atoms with Crippen LogP contribution in [-0.2, 0) is 6.54 Å². The van der Waals surface area contributed by atoms with Gasteiger partial charge in [-0.15, -0.1) is 0 Å². The van der Waals surface area contributed by atoms with Crippen LogP contribution in [0.1, 0.15) is 30.6 Å². The first-order valence-electron chi connectivity index (χ1n) is 6.49. The molecule has 2 N–H and O–H groups in total. The minimum Gasteiger partial charge on any atom is -0.493 e. The lowest BCUT2D eigenvalue weighted by atomic mass is 10.0. The molecule has 0 bridgehead atoms. The van der Waals surface area contributed by atoms with Gasteiger partial charge in [0.25, 0.3) is 0 Å². The maximum absolute atomic E-state index is 13.3. The van der Waals surface area contributed by atoms with Crippen LogP contribution in [0, 0.1) is 17.5 Å². The molecule has 0 amide bonds. The quantitative estimate of drug-likeness (QED) is 0.864. The Kier molecular flexibility index (Phi) is 4.52. The fourth-order valence-electron chi connectivity index (χ4n) is 2.15. The van der Waals surface area contributed by atoms with Crippen molar-refractivity contribution in [2.45, 2.75) is 25.9 Å². The fraction of sp³-hybridized carbons (Fsp3) is 0.357. The maximum atomic E-state index is 13.3. The normalized spacial score (nSPS) is 12.5. The number of hydrogen-bond donors (Lipinski definition) is 1. The van der Waals surface area contributed by atoms with Crippen LogP contribution in [0.15, 0.2) is 18.3 Å². The lowest BCUT2D eigenvalue weighted by Crippen LogP contribution is -2.19. The van der Waals surface area contributed by atoms with E-state index in [1.165, 1.54) is 13.3 Å². The van der Waals surface area contributed by atoms with Gasteiger partial charge in [-0.2, -0.15) is 5.10 Å². The van der Waals surface area contributed by atoms with E-state index >= 15 is 0 Å². The highest BCUT2D eigenvalue weighted by molar-refractivity contribution is 5.36. The van der Waals surface area contributed by atoms with Gasteiger partial charge in [-0.1, -0.05) is 6.92 Å². The molecule has 1 unspecified atom stereocenters. The van der Waals surface area contributed by atoms with E-state index in [1.54, 1.807) is 4.68 Å². The molecule has 1 atom stereocenters. The number of halogens is 3. The van der Waals surface area contributed by atoms with E-state index < -0.39 is 23.5 Å². The second-order valence-corrected chi connectivity index (χ2v) is 4.60. The summed E-state index contributed by atoms with van der Waals surface area (Å²) in [6.45, 7) is 2.54. The standard InChI is InChI=1S/C14H16F3N3O/c1-3-4-20-14(11(21-2)7-19-20)13(18)8-5-9(15)12(17)10(16)6-8/h5-7,13H,3-4,18H2,1-2H3. The minimum absolute atomic E-state index is 0.113. The van der Waals surface area contributed by atoms with E-state index in [2.05, 4.69) is 5.10 Å². The Hall–Kier alpha value is -2.02. The molecule has 1 aromatic heterocycles. The highest BCUT2D eigenvalue weighted by Crippen LogP contribution is 2.29. The van der Waals surface area contributed by atoms with Crippen LogP contribution in [0.2, 0.25) is 0 Å². The average Bonchev–Trinajstić information content (AvgIpc) is 2.86. The Morgan fingerprint density at radius 1 is 1.29 bits per heavy atom. The lowest BCUT2D eigenvalue weighted by molar-refractivity contribution is 0.403. The fourth-order valence-corrected chi connectivity index (χ4v) is 2.15. The molecule has 0 aliphatic heterocycles. The highest BCUT2D eigenvalue weighted by atomic mass is 19.2. The third-order valence-corrected chi connectivity index (χ3v) is 3.16. The number of benzene rings is 1.